The number of amides is 1. The van der Waals surface area contributed by atoms with Crippen molar-refractivity contribution in [3.63, 3.8) is 0 Å². The molecule has 0 aliphatic carbocycles. The van der Waals surface area contributed by atoms with E-state index in [4.69, 9.17) is 19.9 Å². The van der Waals surface area contributed by atoms with Gasteiger partial charge >= 0.3 is 18.0 Å². The number of imidazole rings is 1. The van der Waals surface area contributed by atoms with E-state index in [1.165, 1.54) is 13.3 Å². The summed E-state index contributed by atoms with van der Waals surface area (Å²) in [7, 11) is 0. The van der Waals surface area contributed by atoms with Crippen molar-refractivity contribution < 1.29 is 28.6 Å². The second-order valence-electron chi connectivity index (χ2n) is 8.32. The second kappa shape index (κ2) is 13.0. The van der Waals surface area contributed by atoms with Gasteiger partial charge in [-0.15, -0.1) is 0 Å². The molecular weight excluding hydrogens is 484 g/mol. The van der Waals surface area contributed by atoms with Gasteiger partial charge in [-0.25, -0.2) is 14.6 Å². The molecule has 0 fully saturated rings. The zero-order valence-electron chi connectivity index (χ0n) is 20.6. The number of carbonyl (C=O) groups excluding carboxylic acids is 3. The van der Waals surface area contributed by atoms with E-state index < -0.39 is 29.6 Å². The number of rotatable bonds is 12. The number of H-pyrrole nitrogens is 1. The van der Waals surface area contributed by atoms with Crippen molar-refractivity contribution in [3.8, 4) is 0 Å². The fourth-order valence-electron chi connectivity index (χ4n) is 3.44. The van der Waals surface area contributed by atoms with E-state index in [1.54, 1.807) is 11.5 Å². The Morgan fingerprint density at radius 3 is 2.57 bits per heavy atom. The third-order valence-electron chi connectivity index (χ3n) is 5.45. The van der Waals surface area contributed by atoms with Crippen molar-refractivity contribution in [3.05, 3.63) is 52.6 Å². The topological polar surface area (TPSA) is 181 Å². The highest BCUT2D eigenvalue weighted by Gasteiger charge is 2.23. The molecule has 2 atom stereocenters. The summed E-state index contributed by atoms with van der Waals surface area (Å²) < 4.78 is 17.4. The van der Waals surface area contributed by atoms with Crippen molar-refractivity contribution in [2.75, 3.05) is 18.9 Å². The number of nitrogens with zero attached hydrogens (tertiary/aromatic N) is 3. The van der Waals surface area contributed by atoms with E-state index in [1.807, 2.05) is 30.3 Å². The summed E-state index contributed by atoms with van der Waals surface area (Å²) in [4.78, 5) is 58.7. The Morgan fingerprint density at radius 1 is 1.14 bits per heavy atom. The number of nitrogens with one attached hydrogen (secondary N) is 2. The number of ether oxygens (including phenoxy) is 3. The van der Waals surface area contributed by atoms with Crippen LogP contribution in [-0.4, -0.2) is 56.8 Å². The number of anilines is 1. The van der Waals surface area contributed by atoms with Gasteiger partial charge in [0.2, 0.25) is 5.95 Å². The molecule has 0 saturated heterocycles. The monoisotopic (exact) mass is 514 g/mol. The quantitative estimate of drug-likeness (QED) is 0.237. The highest BCUT2D eigenvalue weighted by atomic mass is 16.6. The number of esters is 2. The van der Waals surface area contributed by atoms with Gasteiger partial charge in [0.1, 0.15) is 12.6 Å². The van der Waals surface area contributed by atoms with E-state index in [2.05, 4.69) is 20.3 Å². The molecule has 2 heterocycles. The fourth-order valence-corrected chi connectivity index (χ4v) is 3.44. The minimum Gasteiger partial charge on any atom is -0.465 e. The van der Waals surface area contributed by atoms with Crippen LogP contribution < -0.4 is 16.6 Å². The summed E-state index contributed by atoms with van der Waals surface area (Å²) in [6, 6.07) is 8.24. The lowest BCUT2D eigenvalue weighted by molar-refractivity contribution is -0.150. The summed E-state index contributed by atoms with van der Waals surface area (Å²) in [6.07, 6.45) is 1.41. The Hall–Kier alpha value is -4.42. The first kappa shape index (κ1) is 27.2. The lowest BCUT2D eigenvalue weighted by Gasteiger charge is -2.20. The Balaban J connectivity index is 1.55. The Labute approximate surface area is 212 Å². The van der Waals surface area contributed by atoms with E-state index in [-0.39, 0.29) is 43.6 Å². The van der Waals surface area contributed by atoms with E-state index in [9.17, 15) is 19.2 Å². The number of nitrogen functional groups attached to an aromatic ring is 1. The number of nitrogens with two attached hydrogens (primary N) is 1. The molecule has 4 N–H and O–H groups in total. The summed E-state index contributed by atoms with van der Waals surface area (Å²) >= 11 is 0. The predicted octanol–water partition coefficient (Wildman–Crippen LogP) is 1.52. The van der Waals surface area contributed by atoms with Crippen molar-refractivity contribution in [1.29, 1.82) is 0 Å². The van der Waals surface area contributed by atoms with Gasteiger partial charge in [0.15, 0.2) is 11.2 Å². The number of aromatic amines is 1. The minimum atomic E-state index is -0.908. The van der Waals surface area contributed by atoms with E-state index >= 15 is 0 Å². The van der Waals surface area contributed by atoms with Gasteiger partial charge in [-0.1, -0.05) is 37.3 Å². The molecule has 198 valence electrons. The lowest BCUT2D eigenvalue weighted by atomic mass is 10.1. The summed E-state index contributed by atoms with van der Waals surface area (Å²) in [5.74, 6) is -1.52. The highest BCUT2D eigenvalue weighted by Crippen LogP contribution is 2.13. The van der Waals surface area contributed by atoms with Gasteiger partial charge in [-0.3, -0.25) is 14.6 Å². The first-order chi connectivity index (χ1) is 17.8. The second-order valence-corrected chi connectivity index (χ2v) is 8.32. The van der Waals surface area contributed by atoms with Crippen LogP contribution in [-0.2, 0) is 37.0 Å². The van der Waals surface area contributed by atoms with Crippen LogP contribution in [0.2, 0.25) is 0 Å². The van der Waals surface area contributed by atoms with Crippen molar-refractivity contribution >= 4 is 35.1 Å². The van der Waals surface area contributed by atoms with Crippen LogP contribution in [0.3, 0.4) is 0 Å². The molecule has 0 bridgehead atoms. The molecule has 2 aromatic heterocycles. The van der Waals surface area contributed by atoms with Gasteiger partial charge in [-0.05, 0) is 18.4 Å². The van der Waals surface area contributed by atoms with Crippen molar-refractivity contribution in [2.45, 2.75) is 45.9 Å². The Morgan fingerprint density at radius 2 is 1.86 bits per heavy atom. The smallest absolute Gasteiger partial charge is 0.408 e. The molecule has 1 unspecified atom stereocenters. The van der Waals surface area contributed by atoms with Crippen molar-refractivity contribution in [1.82, 2.24) is 24.8 Å². The first-order valence-corrected chi connectivity index (χ1v) is 11.7. The van der Waals surface area contributed by atoms with Crippen LogP contribution in [0.25, 0.3) is 11.2 Å². The molecule has 0 spiro atoms. The number of aromatic nitrogens is 4. The maximum atomic E-state index is 12.6. The first-order valence-electron chi connectivity index (χ1n) is 11.7. The van der Waals surface area contributed by atoms with Crippen LogP contribution in [0, 0.1) is 5.92 Å². The minimum absolute atomic E-state index is 0.00866. The maximum absolute atomic E-state index is 12.6. The number of fused-ring (bicyclic) bond motifs is 1. The van der Waals surface area contributed by atoms with E-state index in [0.717, 1.165) is 5.56 Å². The number of carbonyl (C=O) groups is 3. The highest BCUT2D eigenvalue weighted by molar-refractivity contribution is 5.81. The summed E-state index contributed by atoms with van der Waals surface area (Å²) in [5.41, 5.74) is 6.46. The molecule has 37 heavy (non-hydrogen) atoms. The van der Waals surface area contributed by atoms with Crippen LogP contribution in [0.1, 0.15) is 32.3 Å². The third kappa shape index (κ3) is 8.05. The maximum Gasteiger partial charge on any atom is 0.408 e. The van der Waals surface area contributed by atoms with Crippen LogP contribution >= 0.6 is 0 Å². The number of hydrogen-bond acceptors (Lipinski definition) is 10. The molecule has 0 saturated carbocycles. The average Bonchev–Trinajstić information content (AvgIpc) is 3.28. The molecule has 0 radical (unpaired) electrons. The molecule has 3 aromatic rings. The normalized spacial score (nSPS) is 12.5. The molecule has 0 aliphatic rings. The molecule has 3 rings (SSSR count). The van der Waals surface area contributed by atoms with Gasteiger partial charge in [0.25, 0.3) is 5.56 Å². The zero-order valence-corrected chi connectivity index (χ0v) is 20.6. The van der Waals surface area contributed by atoms with Gasteiger partial charge in [-0.2, -0.15) is 4.98 Å². The van der Waals surface area contributed by atoms with E-state index in [0.29, 0.717) is 18.6 Å². The third-order valence-corrected chi connectivity index (χ3v) is 5.45. The Bertz CT molecular complexity index is 1270. The zero-order chi connectivity index (χ0) is 26.8. The molecule has 13 heteroatoms. The summed E-state index contributed by atoms with van der Waals surface area (Å²) in [6.45, 7) is 3.36. The molecule has 13 nitrogen and oxygen atoms in total. The summed E-state index contributed by atoms with van der Waals surface area (Å²) in [5, 5.41) is 2.51. The van der Waals surface area contributed by atoms with Gasteiger partial charge in [0.05, 0.1) is 19.5 Å². The average molecular weight is 515 g/mol. The molecular formula is C24H30N6O7. The Kier molecular flexibility index (Phi) is 9.58. The molecule has 1 amide bonds. The van der Waals surface area contributed by atoms with Gasteiger partial charge in [0, 0.05) is 19.4 Å². The van der Waals surface area contributed by atoms with Gasteiger partial charge < -0.3 is 29.8 Å². The fraction of sp³-hybridized carbons (Fsp3) is 0.417. The molecule has 1 aromatic carbocycles. The largest absolute Gasteiger partial charge is 0.465 e. The SMILES string of the molecule is CC[C@H](NC(=O)OCc1ccccc1)C(=O)OCC(CCn1cnc2c(=O)[nH]c(N)nc21)COC(C)=O. The molecule has 0 aliphatic heterocycles. The number of aryl methyl sites for hydroxylation is 1. The number of alkyl carbamates (subject to hydrolysis) is 1. The standard InChI is InChI=1S/C24H30N6O7/c1-3-18(27-24(34)37-11-16-7-5-4-6-8-16)22(33)36-13-17(12-35-15(2)31)9-10-30-14-26-19-20(30)28-23(25)29-21(19)32/h4-8,14,17-18H,3,9-13H2,1-2H3,(H,27,34)(H3,25,28,29,32)/t17?,18-/m0/s1. The van der Waals surface area contributed by atoms with Crippen LogP contribution in [0.15, 0.2) is 41.5 Å². The van der Waals surface area contributed by atoms with Crippen LogP contribution in [0.4, 0.5) is 10.7 Å². The number of hydrogen-bond donors (Lipinski definition) is 3. The van der Waals surface area contributed by atoms with Crippen LogP contribution in [0.5, 0.6) is 0 Å². The number of benzene rings is 1. The van der Waals surface area contributed by atoms with Crippen molar-refractivity contribution in [2.24, 2.45) is 5.92 Å². The predicted molar refractivity (Wildman–Crippen MR) is 132 cm³/mol. The lowest BCUT2D eigenvalue weighted by Crippen LogP contribution is -2.42.